The number of carbonyl (C=O) groups is 2. The summed E-state index contributed by atoms with van der Waals surface area (Å²) in [6, 6.07) is 11.8. The average Bonchev–Trinajstić information content (AvgIpc) is 3.19. The third kappa shape index (κ3) is 22.2. The standard InChI is InChI=1S/C46H72O8/c1-5-7-9-11-13-15-17-19-21-23-40(24-22-20-18-16-14-12-10-8-6-2)46(48)54-36-34-52-32-30-50-29-31-51-33-35-53-45(47)39(3)41-25-26-43-38-44(49-4)28-27-42(43)37-41/h5-6,25-28,37-40H,1-2,7-24,29-36H2,3-4H3/t39-/m0/s1. The van der Waals surface area contributed by atoms with Crippen LogP contribution in [0.3, 0.4) is 0 Å². The number of rotatable bonds is 36. The first-order valence-electron chi connectivity index (χ1n) is 20.9. The third-order valence-electron chi connectivity index (χ3n) is 9.87. The van der Waals surface area contributed by atoms with Gasteiger partial charge in [0.15, 0.2) is 0 Å². The first kappa shape index (κ1) is 47.0. The molecular formula is C46H72O8. The van der Waals surface area contributed by atoms with Gasteiger partial charge in [0.2, 0.25) is 0 Å². The zero-order chi connectivity index (χ0) is 38.9. The highest BCUT2D eigenvalue weighted by Crippen LogP contribution is 2.26. The van der Waals surface area contributed by atoms with E-state index < -0.39 is 0 Å². The molecule has 8 nitrogen and oxygen atoms in total. The molecule has 2 aromatic rings. The number of methoxy groups -OCH3 is 1. The lowest BCUT2D eigenvalue weighted by Gasteiger charge is -2.16. The number of hydrogen-bond acceptors (Lipinski definition) is 8. The molecule has 0 radical (unpaired) electrons. The summed E-state index contributed by atoms with van der Waals surface area (Å²) < 4.78 is 33.1. The van der Waals surface area contributed by atoms with Crippen LogP contribution in [0.2, 0.25) is 0 Å². The molecule has 0 N–H and O–H groups in total. The van der Waals surface area contributed by atoms with Crippen LogP contribution in [0.4, 0.5) is 0 Å². The van der Waals surface area contributed by atoms with Gasteiger partial charge in [-0.05, 0) is 73.9 Å². The Morgan fingerprint density at radius 1 is 0.556 bits per heavy atom. The molecule has 54 heavy (non-hydrogen) atoms. The van der Waals surface area contributed by atoms with E-state index in [9.17, 15) is 9.59 Å². The van der Waals surface area contributed by atoms with E-state index in [-0.39, 0.29) is 37.0 Å². The quantitative estimate of drug-likeness (QED) is 0.0386. The van der Waals surface area contributed by atoms with Crippen LogP contribution < -0.4 is 4.74 Å². The van der Waals surface area contributed by atoms with Crippen LogP contribution in [0.15, 0.2) is 61.7 Å². The lowest BCUT2D eigenvalue weighted by atomic mass is 9.94. The molecule has 0 unspecified atom stereocenters. The third-order valence-corrected chi connectivity index (χ3v) is 9.87. The van der Waals surface area contributed by atoms with Gasteiger partial charge in [-0.1, -0.05) is 113 Å². The molecule has 0 amide bonds. The first-order valence-corrected chi connectivity index (χ1v) is 20.9. The summed E-state index contributed by atoms with van der Waals surface area (Å²) in [5, 5.41) is 2.10. The van der Waals surface area contributed by atoms with Crippen molar-refractivity contribution in [2.75, 3.05) is 60.0 Å². The highest BCUT2D eigenvalue weighted by atomic mass is 16.6. The average molecular weight is 753 g/mol. The Morgan fingerprint density at radius 2 is 0.981 bits per heavy atom. The van der Waals surface area contributed by atoms with Crippen LogP contribution in [-0.4, -0.2) is 71.9 Å². The molecule has 0 aromatic heterocycles. The second-order valence-electron chi connectivity index (χ2n) is 14.2. The summed E-state index contributed by atoms with van der Waals surface area (Å²) in [5.41, 5.74) is 0.904. The number of hydrogen-bond donors (Lipinski definition) is 0. The van der Waals surface area contributed by atoms with Gasteiger partial charge >= 0.3 is 11.9 Å². The van der Waals surface area contributed by atoms with E-state index in [0.29, 0.717) is 39.6 Å². The molecule has 0 aliphatic carbocycles. The van der Waals surface area contributed by atoms with Crippen molar-refractivity contribution in [2.24, 2.45) is 5.92 Å². The summed E-state index contributed by atoms with van der Waals surface area (Å²) in [5.74, 6) is 0.0467. The minimum absolute atomic E-state index is 0.0180. The monoisotopic (exact) mass is 753 g/mol. The predicted octanol–water partition coefficient (Wildman–Crippen LogP) is 11.1. The molecule has 2 aromatic carbocycles. The number of unbranched alkanes of at least 4 members (excludes halogenated alkanes) is 14. The zero-order valence-electron chi connectivity index (χ0n) is 33.8. The number of allylic oxidation sites excluding steroid dienone is 2. The summed E-state index contributed by atoms with van der Waals surface area (Å²) in [6.45, 7) is 12.2. The fourth-order valence-corrected chi connectivity index (χ4v) is 6.47. The number of fused-ring (bicyclic) bond motifs is 1. The molecule has 304 valence electrons. The Bertz CT molecular complexity index is 1250. The van der Waals surface area contributed by atoms with Crippen molar-refractivity contribution in [1.82, 2.24) is 0 Å². The predicted molar refractivity (Wildman–Crippen MR) is 220 cm³/mol. The number of esters is 2. The Morgan fingerprint density at radius 3 is 1.48 bits per heavy atom. The molecule has 1 atom stereocenters. The lowest BCUT2D eigenvalue weighted by molar-refractivity contribution is -0.151. The Labute approximate surface area is 327 Å². The molecular weight excluding hydrogens is 680 g/mol. The van der Waals surface area contributed by atoms with Crippen LogP contribution in [-0.2, 0) is 33.3 Å². The number of carbonyl (C=O) groups excluding carboxylic acids is 2. The van der Waals surface area contributed by atoms with Crippen molar-refractivity contribution < 1.29 is 38.0 Å². The molecule has 0 bridgehead atoms. The van der Waals surface area contributed by atoms with Gasteiger partial charge < -0.3 is 28.4 Å². The highest BCUT2D eigenvalue weighted by Gasteiger charge is 2.20. The normalized spacial score (nSPS) is 11.8. The van der Waals surface area contributed by atoms with Gasteiger partial charge in [-0.3, -0.25) is 9.59 Å². The molecule has 2 rings (SSSR count). The minimum atomic E-state index is -0.380. The maximum Gasteiger partial charge on any atom is 0.313 e. The van der Waals surface area contributed by atoms with Crippen molar-refractivity contribution in [3.8, 4) is 5.75 Å². The van der Waals surface area contributed by atoms with Gasteiger partial charge in [-0.2, -0.15) is 0 Å². The van der Waals surface area contributed by atoms with Gasteiger partial charge in [0, 0.05) is 0 Å². The first-order chi connectivity index (χ1) is 26.5. The molecule has 8 heteroatoms. The maximum atomic E-state index is 13.0. The number of ether oxygens (including phenoxy) is 6. The van der Waals surface area contributed by atoms with Gasteiger partial charge in [0.05, 0.1) is 58.6 Å². The lowest BCUT2D eigenvalue weighted by Crippen LogP contribution is -2.21. The van der Waals surface area contributed by atoms with Crippen LogP contribution in [0.25, 0.3) is 10.8 Å². The summed E-state index contributed by atoms with van der Waals surface area (Å²) in [4.78, 5) is 25.6. The van der Waals surface area contributed by atoms with Crippen molar-refractivity contribution >= 4 is 22.7 Å². The topological polar surface area (TPSA) is 89.5 Å². The molecule has 0 saturated carbocycles. The van der Waals surface area contributed by atoms with Crippen LogP contribution in [0.5, 0.6) is 5.75 Å². The second-order valence-corrected chi connectivity index (χ2v) is 14.2. The second kappa shape index (κ2) is 32.1. The van der Waals surface area contributed by atoms with Gasteiger partial charge in [-0.15, -0.1) is 13.2 Å². The minimum Gasteiger partial charge on any atom is -0.497 e. The van der Waals surface area contributed by atoms with Gasteiger partial charge in [0.1, 0.15) is 19.0 Å². The fraction of sp³-hybridized carbons (Fsp3) is 0.652. The molecule has 0 aliphatic rings. The molecule has 0 heterocycles. The van der Waals surface area contributed by atoms with E-state index in [2.05, 4.69) is 13.2 Å². The van der Waals surface area contributed by atoms with Crippen LogP contribution in [0.1, 0.15) is 134 Å². The molecule has 0 fully saturated rings. The number of benzene rings is 2. The van der Waals surface area contributed by atoms with E-state index in [1.165, 1.54) is 77.0 Å². The van der Waals surface area contributed by atoms with Crippen molar-refractivity contribution in [3.63, 3.8) is 0 Å². The smallest absolute Gasteiger partial charge is 0.313 e. The van der Waals surface area contributed by atoms with E-state index in [1.807, 2.05) is 55.5 Å². The molecule has 0 spiro atoms. The largest absolute Gasteiger partial charge is 0.497 e. The maximum absolute atomic E-state index is 13.0. The van der Waals surface area contributed by atoms with E-state index in [0.717, 1.165) is 60.6 Å². The summed E-state index contributed by atoms with van der Waals surface area (Å²) >= 11 is 0. The van der Waals surface area contributed by atoms with Crippen molar-refractivity contribution in [3.05, 3.63) is 67.3 Å². The van der Waals surface area contributed by atoms with E-state index in [4.69, 9.17) is 28.4 Å². The van der Waals surface area contributed by atoms with Gasteiger partial charge in [-0.25, -0.2) is 0 Å². The SMILES string of the molecule is C=CCCCCCCCCCC(CCCCCCCCCC=C)C(=O)OCCOCCOCCOCCOC(=O)[C@@H](C)c1ccc2cc(OC)ccc2c1. The fourth-order valence-electron chi connectivity index (χ4n) is 6.47. The highest BCUT2D eigenvalue weighted by molar-refractivity contribution is 5.86. The Kier molecular flexibility index (Phi) is 27.9. The van der Waals surface area contributed by atoms with Crippen LogP contribution >= 0.6 is 0 Å². The van der Waals surface area contributed by atoms with E-state index in [1.54, 1.807) is 7.11 Å². The molecule has 0 saturated heterocycles. The van der Waals surface area contributed by atoms with Crippen molar-refractivity contribution in [2.45, 2.75) is 128 Å². The Hall–Kier alpha value is -3.20. The zero-order valence-corrected chi connectivity index (χ0v) is 33.8. The van der Waals surface area contributed by atoms with Crippen LogP contribution in [0, 0.1) is 5.92 Å². The Balaban J connectivity index is 1.51. The van der Waals surface area contributed by atoms with E-state index >= 15 is 0 Å². The summed E-state index contributed by atoms with van der Waals surface area (Å²) in [7, 11) is 1.65. The van der Waals surface area contributed by atoms with Gasteiger partial charge in [0.25, 0.3) is 0 Å². The summed E-state index contributed by atoms with van der Waals surface area (Å²) in [6.07, 6.45) is 25.2. The molecule has 0 aliphatic heterocycles. The van der Waals surface area contributed by atoms with Crippen molar-refractivity contribution in [1.29, 1.82) is 0 Å².